The lowest BCUT2D eigenvalue weighted by Crippen LogP contribution is -2.35. The zero-order valence-electron chi connectivity index (χ0n) is 13.5. The first-order valence-electron chi connectivity index (χ1n) is 8.29. The van der Waals surface area contributed by atoms with Crippen LogP contribution in [0.25, 0.3) is 0 Å². The van der Waals surface area contributed by atoms with E-state index in [1.807, 2.05) is 0 Å². The Balaban J connectivity index is 2.26. The van der Waals surface area contributed by atoms with Crippen molar-refractivity contribution in [3.63, 3.8) is 0 Å². The van der Waals surface area contributed by atoms with Crippen LogP contribution in [0.3, 0.4) is 0 Å². The van der Waals surface area contributed by atoms with E-state index in [1.165, 1.54) is 36.9 Å². The fourth-order valence-electron chi connectivity index (χ4n) is 3.47. The third kappa shape index (κ3) is 3.17. The second-order valence-electron chi connectivity index (χ2n) is 6.13. The van der Waals surface area contributed by atoms with Crippen molar-refractivity contribution < 1.29 is 0 Å². The molecular weight excluding hydrogens is 244 g/mol. The number of benzene rings is 1. The smallest absolute Gasteiger partial charge is 0.0419 e. The highest BCUT2D eigenvalue weighted by atomic mass is 15.2. The summed E-state index contributed by atoms with van der Waals surface area (Å²) in [5.41, 5.74) is 2.90. The topological polar surface area (TPSA) is 15.3 Å². The van der Waals surface area contributed by atoms with Crippen LogP contribution in [0.15, 0.2) is 24.3 Å². The van der Waals surface area contributed by atoms with Gasteiger partial charge >= 0.3 is 0 Å². The fourth-order valence-corrected chi connectivity index (χ4v) is 3.47. The Kier molecular flexibility index (Phi) is 5.47. The van der Waals surface area contributed by atoms with Crippen molar-refractivity contribution in [3.8, 4) is 0 Å². The molecule has 2 heteroatoms. The van der Waals surface area contributed by atoms with Crippen molar-refractivity contribution in [2.75, 3.05) is 11.4 Å². The van der Waals surface area contributed by atoms with Crippen molar-refractivity contribution in [3.05, 3.63) is 29.8 Å². The van der Waals surface area contributed by atoms with Gasteiger partial charge < -0.3 is 10.2 Å². The molecule has 1 heterocycles. The molecule has 2 rings (SSSR count). The fraction of sp³-hybridized carbons (Fsp3) is 0.667. The molecule has 1 aliphatic heterocycles. The minimum atomic E-state index is 0.427. The predicted octanol–water partition coefficient (Wildman–Crippen LogP) is 4.51. The summed E-state index contributed by atoms with van der Waals surface area (Å²) >= 11 is 0. The minimum Gasteiger partial charge on any atom is -0.366 e. The zero-order valence-corrected chi connectivity index (χ0v) is 13.5. The molecule has 0 spiro atoms. The largest absolute Gasteiger partial charge is 0.366 e. The van der Waals surface area contributed by atoms with E-state index in [2.05, 4.69) is 62.2 Å². The summed E-state index contributed by atoms with van der Waals surface area (Å²) in [7, 11) is 0. The standard InChI is InChI=1S/C18H30N2/c1-5-13-19-15(4)17-9-7-8-10-18(17)20-14(3)11-12-16(20)6-2/h7-10,14-16,19H,5-6,11-13H2,1-4H3. The van der Waals surface area contributed by atoms with Crippen molar-refractivity contribution in [2.24, 2.45) is 0 Å². The number of para-hydroxylation sites is 1. The van der Waals surface area contributed by atoms with E-state index in [-0.39, 0.29) is 0 Å². The SMILES string of the molecule is CCCNC(C)c1ccccc1N1C(C)CCC1CC. The molecule has 2 nitrogen and oxygen atoms in total. The van der Waals surface area contributed by atoms with Gasteiger partial charge in [-0.15, -0.1) is 0 Å². The molecule has 1 aromatic rings. The highest BCUT2D eigenvalue weighted by molar-refractivity contribution is 5.57. The van der Waals surface area contributed by atoms with Crippen molar-refractivity contribution >= 4 is 5.69 Å². The highest BCUT2D eigenvalue weighted by Crippen LogP contribution is 2.36. The first kappa shape index (κ1) is 15.4. The molecule has 0 amide bonds. The number of rotatable bonds is 6. The van der Waals surface area contributed by atoms with Crippen LogP contribution in [0.1, 0.15) is 65.0 Å². The summed E-state index contributed by atoms with van der Waals surface area (Å²) in [5.74, 6) is 0. The van der Waals surface area contributed by atoms with Crippen LogP contribution in [0.4, 0.5) is 5.69 Å². The minimum absolute atomic E-state index is 0.427. The molecule has 20 heavy (non-hydrogen) atoms. The Morgan fingerprint density at radius 2 is 2.00 bits per heavy atom. The summed E-state index contributed by atoms with van der Waals surface area (Å²) in [5, 5.41) is 3.63. The average molecular weight is 274 g/mol. The second kappa shape index (κ2) is 7.12. The van der Waals surface area contributed by atoms with Crippen LogP contribution in [0.5, 0.6) is 0 Å². The second-order valence-corrected chi connectivity index (χ2v) is 6.13. The van der Waals surface area contributed by atoms with Crippen LogP contribution in [-0.2, 0) is 0 Å². The van der Waals surface area contributed by atoms with E-state index in [1.54, 1.807) is 0 Å². The van der Waals surface area contributed by atoms with E-state index >= 15 is 0 Å². The Bertz CT molecular complexity index is 416. The van der Waals surface area contributed by atoms with Gasteiger partial charge in [0.25, 0.3) is 0 Å². The molecule has 1 fully saturated rings. The lowest BCUT2D eigenvalue weighted by molar-refractivity contribution is 0.562. The molecule has 0 radical (unpaired) electrons. The number of anilines is 1. The molecule has 1 N–H and O–H groups in total. The van der Waals surface area contributed by atoms with Crippen molar-refractivity contribution in [1.29, 1.82) is 0 Å². The molecule has 3 atom stereocenters. The monoisotopic (exact) mass is 274 g/mol. The summed E-state index contributed by atoms with van der Waals surface area (Å²) < 4.78 is 0. The van der Waals surface area contributed by atoms with Crippen molar-refractivity contribution in [2.45, 2.75) is 71.5 Å². The van der Waals surface area contributed by atoms with Gasteiger partial charge in [0.1, 0.15) is 0 Å². The molecular formula is C18H30N2. The van der Waals surface area contributed by atoms with Crippen LogP contribution < -0.4 is 10.2 Å². The third-order valence-electron chi connectivity index (χ3n) is 4.64. The molecule has 0 aliphatic carbocycles. The Morgan fingerprint density at radius 1 is 1.25 bits per heavy atom. The maximum Gasteiger partial charge on any atom is 0.0419 e. The van der Waals surface area contributed by atoms with Crippen LogP contribution >= 0.6 is 0 Å². The van der Waals surface area contributed by atoms with Crippen LogP contribution in [0, 0.1) is 0 Å². The average Bonchev–Trinajstić information content (AvgIpc) is 2.85. The molecule has 0 saturated carbocycles. The lowest BCUT2D eigenvalue weighted by atomic mass is 10.0. The zero-order chi connectivity index (χ0) is 14.5. The van der Waals surface area contributed by atoms with Crippen molar-refractivity contribution in [1.82, 2.24) is 5.32 Å². The van der Waals surface area contributed by atoms with Gasteiger partial charge in [0, 0.05) is 23.8 Å². The highest BCUT2D eigenvalue weighted by Gasteiger charge is 2.31. The predicted molar refractivity (Wildman–Crippen MR) is 88.4 cm³/mol. The Labute approximate surface area is 124 Å². The van der Waals surface area contributed by atoms with Gasteiger partial charge in [-0.2, -0.15) is 0 Å². The Morgan fingerprint density at radius 3 is 2.70 bits per heavy atom. The number of hydrogen-bond donors (Lipinski definition) is 1. The van der Waals surface area contributed by atoms with Gasteiger partial charge in [-0.25, -0.2) is 0 Å². The summed E-state index contributed by atoms with van der Waals surface area (Å²) in [6, 6.07) is 10.8. The summed E-state index contributed by atoms with van der Waals surface area (Å²) in [6.45, 7) is 10.3. The first-order valence-corrected chi connectivity index (χ1v) is 8.29. The number of nitrogens with zero attached hydrogens (tertiary/aromatic N) is 1. The maximum atomic E-state index is 3.63. The molecule has 1 aromatic carbocycles. The lowest BCUT2D eigenvalue weighted by Gasteiger charge is -2.33. The number of nitrogens with one attached hydrogen (secondary N) is 1. The Hall–Kier alpha value is -1.02. The van der Waals surface area contributed by atoms with Crippen LogP contribution in [0.2, 0.25) is 0 Å². The summed E-state index contributed by atoms with van der Waals surface area (Å²) in [6.07, 6.45) is 5.09. The molecule has 112 valence electrons. The molecule has 3 unspecified atom stereocenters. The molecule has 0 bridgehead atoms. The maximum absolute atomic E-state index is 3.63. The van der Waals surface area contributed by atoms with E-state index < -0.39 is 0 Å². The molecule has 1 aliphatic rings. The van der Waals surface area contributed by atoms with Gasteiger partial charge in [0.05, 0.1) is 0 Å². The van der Waals surface area contributed by atoms with E-state index in [0.29, 0.717) is 18.1 Å². The van der Waals surface area contributed by atoms with Gasteiger partial charge in [-0.05, 0) is 57.7 Å². The first-order chi connectivity index (χ1) is 9.69. The van der Waals surface area contributed by atoms with Gasteiger partial charge in [0.2, 0.25) is 0 Å². The van der Waals surface area contributed by atoms with Crippen LogP contribution in [-0.4, -0.2) is 18.6 Å². The van der Waals surface area contributed by atoms with Gasteiger partial charge in [-0.1, -0.05) is 32.0 Å². The van der Waals surface area contributed by atoms with E-state index in [9.17, 15) is 0 Å². The number of hydrogen-bond acceptors (Lipinski definition) is 2. The van der Waals surface area contributed by atoms with Gasteiger partial charge in [-0.3, -0.25) is 0 Å². The quantitative estimate of drug-likeness (QED) is 0.821. The summed E-state index contributed by atoms with van der Waals surface area (Å²) in [4.78, 5) is 2.67. The normalized spacial score (nSPS) is 24.1. The van der Waals surface area contributed by atoms with E-state index in [4.69, 9.17) is 0 Å². The third-order valence-corrected chi connectivity index (χ3v) is 4.64. The molecule has 0 aromatic heterocycles. The van der Waals surface area contributed by atoms with Gasteiger partial charge in [0.15, 0.2) is 0 Å². The molecule has 1 saturated heterocycles. The van der Waals surface area contributed by atoms with E-state index in [0.717, 1.165) is 6.54 Å².